The van der Waals surface area contributed by atoms with Crippen LogP contribution >= 0.6 is 0 Å². The Labute approximate surface area is 112 Å². The van der Waals surface area contributed by atoms with Crippen molar-refractivity contribution >= 4 is 29.2 Å². The van der Waals surface area contributed by atoms with Crippen LogP contribution in [0.25, 0.3) is 10.9 Å². The standard InChI is InChI=1S/C15H11BN.2H2O/c1-2-7-13(8-3-1)16-15-11-10-12-6-4-5-9-14(12)17-15;;/h1-11H;2*1H2. The maximum atomic E-state index is 4.61. The van der Waals surface area contributed by atoms with Gasteiger partial charge in [0, 0.05) is 11.0 Å². The summed E-state index contributed by atoms with van der Waals surface area (Å²) in [7, 11) is 2.09. The van der Waals surface area contributed by atoms with Gasteiger partial charge >= 0.3 is 0 Å². The fraction of sp³-hybridized carbons (Fsp3) is 0. The van der Waals surface area contributed by atoms with Gasteiger partial charge in [-0.05, 0) is 12.1 Å². The minimum absolute atomic E-state index is 0. The van der Waals surface area contributed by atoms with Gasteiger partial charge < -0.3 is 11.0 Å². The summed E-state index contributed by atoms with van der Waals surface area (Å²) in [5.41, 5.74) is 3.21. The summed E-state index contributed by atoms with van der Waals surface area (Å²) in [5.74, 6) is 0. The number of benzene rings is 2. The van der Waals surface area contributed by atoms with E-state index in [-0.39, 0.29) is 11.0 Å². The number of hydrogen-bond donors (Lipinski definition) is 0. The SMILES string of the molecule is O.O.[B](c1ccccc1)c1ccc2ccccc2n1. The first-order chi connectivity index (χ1) is 8.42. The van der Waals surface area contributed by atoms with Crippen molar-refractivity contribution in [2.24, 2.45) is 0 Å². The van der Waals surface area contributed by atoms with Gasteiger partial charge in [-0.25, -0.2) is 0 Å². The molecule has 2 aromatic carbocycles. The van der Waals surface area contributed by atoms with E-state index < -0.39 is 0 Å². The molecule has 0 amide bonds. The lowest BCUT2D eigenvalue weighted by Gasteiger charge is -2.02. The smallest absolute Gasteiger partial charge is 0.217 e. The lowest BCUT2D eigenvalue weighted by atomic mass is 9.67. The average Bonchev–Trinajstić information content (AvgIpc) is 2.40. The number of nitrogens with zero attached hydrogens (tertiary/aromatic N) is 1. The van der Waals surface area contributed by atoms with Gasteiger partial charge in [0.05, 0.1) is 5.52 Å². The summed E-state index contributed by atoms with van der Waals surface area (Å²) in [6.45, 7) is 0. The molecule has 1 aromatic heterocycles. The average molecular weight is 252 g/mol. The monoisotopic (exact) mass is 252 g/mol. The van der Waals surface area contributed by atoms with E-state index in [1.165, 1.54) is 10.8 Å². The topological polar surface area (TPSA) is 75.9 Å². The largest absolute Gasteiger partial charge is 0.412 e. The molecule has 3 nitrogen and oxygen atoms in total. The summed E-state index contributed by atoms with van der Waals surface area (Å²) in [5, 5.41) is 1.18. The van der Waals surface area contributed by atoms with Crippen LogP contribution in [0.15, 0.2) is 66.7 Å². The Bertz CT molecular complexity index is 644. The predicted molar refractivity (Wildman–Crippen MR) is 80.4 cm³/mol. The van der Waals surface area contributed by atoms with E-state index in [0.717, 1.165) is 11.1 Å². The van der Waals surface area contributed by atoms with Crippen molar-refractivity contribution in [3.05, 3.63) is 66.7 Å². The Morgan fingerprint density at radius 1 is 0.684 bits per heavy atom. The molecule has 0 spiro atoms. The molecule has 19 heavy (non-hydrogen) atoms. The van der Waals surface area contributed by atoms with E-state index in [0.29, 0.717) is 0 Å². The molecule has 0 aliphatic rings. The quantitative estimate of drug-likeness (QED) is 0.602. The summed E-state index contributed by atoms with van der Waals surface area (Å²) in [6.07, 6.45) is 0. The third-order valence-electron chi connectivity index (χ3n) is 2.73. The Hall–Kier alpha value is -2.17. The van der Waals surface area contributed by atoms with E-state index in [9.17, 15) is 0 Å². The number of aromatic nitrogens is 1. The van der Waals surface area contributed by atoms with Crippen molar-refractivity contribution in [3.63, 3.8) is 0 Å². The summed E-state index contributed by atoms with van der Waals surface area (Å²) < 4.78 is 0. The lowest BCUT2D eigenvalue weighted by Crippen LogP contribution is -2.29. The van der Waals surface area contributed by atoms with Crippen molar-refractivity contribution in [3.8, 4) is 0 Å². The highest BCUT2D eigenvalue weighted by atomic mass is 16.0. The van der Waals surface area contributed by atoms with E-state index in [2.05, 4.69) is 42.6 Å². The normalized spacial score (nSPS) is 9.26. The zero-order valence-electron chi connectivity index (χ0n) is 10.4. The highest BCUT2D eigenvalue weighted by Crippen LogP contribution is 2.07. The van der Waals surface area contributed by atoms with Crippen molar-refractivity contribution in [1.82, 2.24) is 4.98 Å². The molecular formula is C15H15BNO2. The lowest BCUT2D eigenvalue weighted by molar-refractivity contribution is 0.823. The number of para-hydroxylation sites is 1. The van der Waals surface area contributed by atoms with Gasteiger partial charge in [-0.1, -0.05) is 60.1 Å². The molecule has 0 atom stereocenters. The third-order valence-corrected chi connectivity index (χ3v) is 2.73. The molecule has 0 saturated heterocycles. The Morgan fingerprint density at radius 3 is 2.16 bits per heavy atom. The molecule has 0 aliphatic heterocycles. The molecule has 3 aromatic rings. The first kappa shape index (κ1) is 14.9. The molecule has 4 N–H and O–H groups in total. The van der Waals surface area contributed by atoms with Crippen molar-refractivity contribution in [2.75, 3.05) is 0 Å². The third kappa shape index (κ3) is 3.41. The molecule has 0 saturated carbocycles. The van der Waals surface area contributed by atoms with Crippen LogP contribution < -0.4 is 11.1 Å². The predicted octanol–water partition coefficient (Wildman–Crippen LogP) is 0.240. The summed E-state index contributed by atoms with van der Waals surface area (Å²) in [4.78, 5) is 4.61. The van der Waals surface area contributed by atoms with Gasteiger partial charge in [-0.3, -0.25) is 4.98 Å². The maximum absolute atomic E-state index is 4.61. The van der Waals surface area contributed by atoms with Gasteiger partial charge in [0.2, 0.25) is 7.28 Å². The van der Waals surface area contributed by atoms with Crippen LogP contribution in [0.5, 0.6) is 0 Å². The molecule has 0 fully saturated rings. The number of rotatable bonds is 2. The van der Waals surface area contributed by atoms with Gasteiger partial charge in [-0.15, -0.1) is 0 Å². The Balaban J connectivity index is 0.000000902. The first-order valence-corrected chi connectivity index (χ1v) is 5.67. The fourth-order valence-corrected chi connectivity index (χ4v) is 1.88. The minimum atomic E-state index is 0. The van der Waals surface area contributed by atoms with Gasteiger partial charge in [0.15, 0.2) is 0 Å². The van der Waals surface area contributed by atoms with Crippen molar-refractivity contribution in [1.29, 1.82) is 0 Å². The summed E-state index contributed by atoms with van der Waals surface area (Å²) >= 11 is 0. The Kier molecular flexibility index (Phi) is 5.24. The maximum Gasteiger partial charge on any atom is 0.217 e. The second-order valence-electron chi connectivity index (χ2n) is 3.98. The van der Waals surface area contributed by atoms with Crippen LogP contribution in [0, 0.1) is 0 Å². The van der Waals surface area contributed by atoms with Gasteiger partial charge in [0.1, 0.15) is 0 Å². The van der Waals surface area contributed by atoms with Crippen LogP contribution in [0.3, 0.4) is 0 Å². The van der Waals surface area contributed by atoms with Gasteiger partial charge in [0.25, 0.3) is 0 Å². The van der Waals surface area contributed by atoms with Crippen LogP contribution in [-0.4, -0.2) is 23.2 Å². The number of hydrogen-bond acceptors (Lipinski definition) is 1. The first-order valence-electron chi connectivity index (χ1n) is 5.67. The fourth-order valence-electron chi connectivity index (χ4n) is 1.88. The molecule has 1 radical (unpaired) electrons. The molecule has 95 valence electrons. The molecule has 0 unspecified atom stereocenters. The van der Waals surface area contributed by atoms with Crippen molar-refractivity contribution in [2.45, 2.75) is 0 Å². The zero-order valence-corrected chi connectivity index (χ0v) is 10.4. The molecular weight excluding hydrogens is 237 g/mol. The molecule has 3 rings (SSSR count). The minimum Gasteiger partial charge on any atom is -0.412 e. The molecule has 1 heterocycles. The van der Waals surface area contributed by atoms with Crippen LogP contribution in [0.4, 0.5) is 0 Å². The number of pyridine rings is 1. The second-order valence-corrected chi connectivity index (χ2v) is 3.98. The van der Waals surface area contributed by atoms with E-state index in [4.69, 9.17) is 0 Å². The molecule has 0 bridgehead atoms. The van der Waals surface area contributed by atoms with Crippen LogP contribution in [0.2, 0.25) is 0 Å². The van der Waals surface area contributed by atoms with E-state index in [1.807, 2.05) is 36.4 Å². The zero-order chi connectivity index (χ0) is 11.5. The number of fused-ring (bicyclic) bond motifs is 1. The van der Waals surface area contributed by atoms with E-state index >= 15 is 0 Å². The van der Waals surface area contributed by atoms with Gasteiger partial charge in [-0.2, -0.15) is 0 Å². The Morgan fingerprint density at radius 2 is 1.37 bits per heavy atom. The van der Waals surface area contributed by atoms with Crippen LogP contribution in [-0.2, 0) is 0 Å². The summed E-state index contributed by atoms with van der Waals surface area (Å²) in [6, 6.07) is 22.6. The van der Waals surface area contributed by atoms with Crippen LogP contribution in [0.1, 0.15) is 0 Å². The van der Waals surface area contributed by atoms with Crippen molar-refractivity contribution < 1.29 is 11.0 Å². The second kappa shape index (κ2) is 6.68. The highest BCUT2D eigenvalue weighted by Gasteiger charge is 2.01. The van der Waals surface area contributed by atoms with E-state index in [1.54, 1.807) is 0 Å². The molecule has 4 heteroatoms. The molecule has 0 aliphatic carbocycles. The highest BCUT2D eigenvalue weighted by molar-refractivity contribution is 6.66.